The standard InChI is InChI=1S/C10H12FNS.CH4O/c1-3-8-12(2)13-10-6-4-9(11)5-7-10;1-2/h3-7H,1,8H2,2H3;2H,1H3. The number of benzene rings is 1. The molecule has 0 saturated carbocycles. The van der Waals surface area contributed by atoms with E-state index in [1.165, 1.54) is 12.1 Å². The zero-order valence-electron chi connectivity index (χ0n) is 8.98. The molecule has 0 radical (unpaired) electrons. The molecule has 0 aliphatic rings. The first kappa shape index (κ1) is 14.2. The van der Waals surface area contributed by atoms with E-state index >= 15 is 0 Å². The van der Waals surface area contributed by atoms with Crippen molar-refractivity contribution < 1.29 is 9.50 Å². The number of nitrogens with zero attached hydrogens (tertiary/aromatic N) is 1. The highest BCUT2D eigenvalue weighted by Crippen LogP contribution is 2.20. The predicted octanol–water partition coefficient (Wildman–Crippen LogP) is 2.56. The highest BCUT2D eigenvalue weighted by molar-refractivity contribution is 7.97. The van der Waals surface area contributed by atoms with E-state index in [0.717, 1.165) is 18.6 Å². The molecule has 0 saturated heterocycles. The van der Waals surface area contributed by atoms with E-state index in [1.54, 1.807) is 24.1 Å². The molecule has 4 heteroatoms. The molecule has 84 valence electrons. The molecular weight excluding hydrogens is 213 g/mol. The Morgan fingerprint density at radius 3 is 2.40 bits per heavy atom. The summed E-state index contributed by atoms with van der Waals surface area (Å²) in [5.74, 6) is -0.198. The Bertz CT molecular complexity index is 276. The van der Waals surface area contributed by atoms with Crippen LogP contribution in [0.1, 0.15) is 0 Å². The van der Waals surface area contributed by atoms with Gasteiger partial charge in [-0.2, -0.15) is 0 Å². The molecule has 0 atom stereocenters. The lowest BCUT2D eigenvalue weighted by Crippen LogP contribution is -2.07. The first-order valence-electron chi connectivity index (χ1n) is 4.42. The normalized spacial score (nSPS) is 9.40. The van der Waals surface area contributed by atoms with Crippen molar-refractivity contribution in [3.8, 4) is 0 Å². The third-order valence-corrected chi connectivity index (χ3v) is 2.40. The Hall–Kier alpha value is -0.840. The van der Waals surface area contributed by atoms with Gasteiger partial charge in [-0.1, -0.05) is 6.08 Å². The first-order valence-corrected chi connectivity index (χ1v) is 5.20. The summed E-state index contributed by atoms with van der Waals surface area (Å²) in [6, 6.07) is 6.45. The van der Waals surface area contributed by atoms with E-state index in [1.807, 2.05) is 17.4 Å². The summed E-state index contributed by atoms with van der Waals surface area (Å²) >= 11 is 1.57. The Balaban J connectivity index is 0.000000921. The van der Waals surface area contributed by atoms with Gasteiger partial charge in [-0.25, -0.2) is 8.70 Å². The maximum atomic E-state index is 12.5. The SMILES string of the molecule is C=CCN(C)Sc1ccc(F)cc1.CO. The molecular formula is C11H16FNOS. The summed E-state index contributed by atoms with van der Waals surface area (Å²) < 4.78 is 14.6. The summed E-state index contributed by atoms with van der Waals surface area (Å²) in [6.07, 6.45) is 1.83. The van der Waals surface area contributed by atoms with Crippen LogP contribution in [-0.2, 0) is 0 Å². The number of aliphatic hydroxyl groups excluding tert-OH is 1. The number of hydrogen-bond acceptors (Lipinski definition) is 3. The van der Waals surface area contributed by atoms with Crippen LogP contribution in [0.15, 0.2) is 41.8 Å². The molecule has 0 aliphatic carbocycles. The highest BCUT2D eigenvalue weighted by atomic mass is 32.2. The number of rotatable bonds is 4. The molecule has 1 N–H and O–H groups in total. The topological polar surface area (TPSA) is 23.5 Å². The molecule has 0 bridgehead atoms. The summed E-state index contributed by atoms with van der Waals surface area (Å²) in [7, 11) is 2.97. The fourth-order valence-electron chi connectivity index (χ4n) is 0.894. The molecule has 1 rings (SSSR count). The van der Waals surface area contributed by atoms with Crippen molar-refractivity contribution in [2.24, 2.45) is 0 Å². The molecule has 0 heterocycles. The van der Waals surface area contributed by atoms with Crippen molar-refractivity contribution >= 4 is 11.9 Å². The average molecular weight is 229 g/mol. The van der Waals surface area contributed by atoms with Crippen LogP contribution in [0.2, 0.25) is 0 Å². The van der Waals surface area contributed by atoms with Gasteiger partial charge in [0.25, 0.3) is 0 Å². The molecule has 1 aromatic carbocycles. The van der Waals surface area contributed by atoms with Gasteiger partial charge < -0.3 is 5.11 Å². The Kier molecular flexibility index (Phi) is 7.99. The second-order valence-electron chi connectivity index (χ2n) is 2.64. The van der Waals surface area contributed by atoms with Crippen LogP contribution in [0.4, 0.5) is 4.39 Å². The van der Waals surface area contributed by atoms with Gasteiger partial charge in [-0.3, -0.25) is 0 Å². The van der Waals surface area contributed by atoms with Crippen LogP contribution in [-0.4, -0.2) is 30.1 Å². The molecule has 1 aromatic rings. The molecule has 0 fully saturated rings. The quantitative estimate of drug-likeness (QED) is 0.634. The van der Waals surface area contributed by atoms with Crippen LogP contribution in [0.3, 0.4) is 0 Å². The number of halogens is 1. The second kappa shape index (κ2) is 8.47. The minimum atomic E-state index is -0.198. The molecule has 0 amide bonds. The highest BCUT2D eigenvalue weighted by Gasteiger charge is 1.98. The van der Waals surface area contributed by atoms with Crippen LogP contribution < -0.4 is 0 Å². The van der Waals surface area contributed by atoms with Gasteiger partial charge in [0.05, 0.1) is 0 Å². The van der Waals surface area contributed by atoms with Gasteiger partial charge >= 0.3 is 0 Å². The van der Waals surface area contributed by atoms with Gasteiger partial charge in [0.2, 0.25) is 0 Å². The predicted molar refractivity (Wildman–Crippen MR) is 63.2 cm³/mol. The summed E-state index contributed by atoms with van der Waals surface area (Å²) in [6.45, 7) is 4.45. The third kappa shape index (κ3) is 6.28. The van der Waals surface area contributed by atoms with E-state index < -0.39 is 0 Å². The maximum Gasteiger partial charge on any atom is 0.123 e. The molecule has 0 unspecified atom stereocenters. The molecule has 15 heavy (non-hydrogen) atoms. The zero-order valence-corrected chi connectivity index (χ0v) is 9.80. The minimum Gasteiger partial charge on any atom is -0.400 e. The molecule has 0 aliphatic heterocycles. The van der Waals surface area contributed by atoms with Gasteiger partial charge in [0.1, 0.15) is 5.82 Å². The van der Waals surface area contributed by atoms with Crippen LogP contribution in [0, 0.1) is 5.82 Å². The van der Waals surface area contributed by atoms with Crippen molar-refractivity contribution in [2.45, 2.75) is 4.90 Å². The number of likely N-dealkylation sites (N-methyl/N-ethyl adjacent to an activating group) is 1. The van der Waals surface area contributed by atoms with Crippen molar-refractivity contribution in [3.63, 3.8) is 0 Å². The van der Waals surface area contributed by atoms with Crippen LogP contribution in [0.5, 0.6) is 0 Å². The van der Waals surface area contributed by atoms with Gasteiger partial charge in [-0.15, -0.1) is 6.58 Å². The van der Waals surface area contributed by atoms with Gasteiger partial charge in [0.15, 0.2) is 0 Å². The van der Waals surface area contributed by atoms with E-state index in [2.05, 4.69) is 6.58 Å². The van der Waals surface area contributed by atoms with Crippen molar-refractivity contribution in [1.82, 2.24) is 4.31 Å². The average Bonchev–Trinajstić information content (AvgIpc) is 2.25. The van der Waals surface area contributed by atoms with E-state index in [9.17, 15) is 4.39 Å². The lowest BCUT2D eigenvalue weighted by molar-refractivity contribution is 0.399. The summed E-state index contributed by atoms with van der Waals surface area (Å²) in [4.78, 5) is 1.03. The Morgan fingerprint density at radius 2 is 1.93 bits per heavy atom. The summed E-state index contributed by atoms with van der Waals surface area (Å²) in [5.41, 5.74) is 0. The van der Waals surface area contributed by atoms with E-state index in [-0.39, 0.29) is 5.82 Å². The number of hydrogen-bond donors (Lipinski definition) is 1. The molecule has 0 spiro atoms. The zero-order chi connectivity index (χ0) is 11.7. The van der Waals surface area contributed by atoms with Crippen molar-refractivity contribution in [2.75, 3.05) is 20.7 Å². The summed E-state index contributed by atoms with van der Waals surface area (Å²) in [5, 5.41) is 7.00. The van der Waals surface area contributed by atoms with Crippen LogP contribution in [0.25, 0.3) is 0 Å². The number of aliphatic hydroxyl groups is 1. The molecule has 2 nitrogen and oxygen atoms in total. The van der Waals surface area contributed by atoms with E-state index in [4.69, 9.17) is 5.11 Å². The monoisotopic (exact) mass is 229 g/mol. The minimum absolute atomic E-state index is 0.198. The fourth-order valence-corrected chi connectivity index (χ4v) is 1.69. The maximum absolute atomic E-state index is 12.5. The Morgan fingerprint density at radius 1 is 1.40 bits per heavy atom. The van der Waals surface area contributed by atoms with E-state index in [0.29, 0.717) is 0 Å². The Labute approximate surface area is 94.6 Å². The largest absolute Gasteiger partial charge is 0.400 e. The third-order valence-electron chi connectivity index (χ3n) is 1.46. The smallest absolute Gasteiger partial charge is 0.123 e. The van der Waals surface area contributed by atoms with Crippen molar-refractivity contribution in [1.29, 1.82) is 0 Å². The second-order valence-corrected chi connectivity index (χ2v) is 3.92. The fraction of sp³-hybridized carbons (Fsp3) is 0.273. The van der Waals surface area contributed by atoms with Gasteiger partial charge in [0, 0.05) is 18.6 Å². The lowest BCUT2D eigenvalue weighted by atomic mass is 10.4. The lowest BCUT2D eigenvalue weighted by Gasteiger charge is -2.12. The first-order chi connectivity index (χ1) is 7.22. The van der Waals surface area contributed by atoms with Crippen LogP contribution >= 0.6 is 11.9 Å². The molecule has 0 aromatic heterocycles. The van der Waals surface area contributed by atoms with Gasteiger partial charge in [-0.05, 0) is 43.3 Å². The van der Waals surface area contributed by atoms with Crippen molar-refractivity contribution in [3.05, 3.63) is 42.7 Å².